The minimum atomic E-state index is -0.996. The monoisotopic (exact) mass is 293 g/mol. The van der Waals surface area contributed by atoms with Gasteiger partial charge in [-0.15, -0.1) is 0 Å². The van der Waals surface area contributed by atoms with E-state index < -0.39 is 11.9 Å². The molecule has 3 rings (SSSR count). The van der Waals surface area contributed by atoms with Crippen LogP contribution >= 0.6 is 0 Å². The zero-order valence-corrected chi connectivity index (χ0v) is 11.4. The molecule has 0 unspecified atom stereocenters. The Balaban J connectivity index is 1.89. The van der Waals surface area contributed by atoms with E-state index in [0.29, 0.717) is 5.56 Å². The average Bonchev–Trinajstić information content (AvgIpc) is 2.90. The summed E-state index contributed by atoms with van der Waals surface area (Å²) in [6.07, 6.45) is 1.56. The summed E-state index contributed by atoms with van der Waals surface area (Å²) >= 11 is 0. The third kappa shape index (κ3) is 2.78. The topological polar surface area (TPSA) is 76.0 Å². The summed E-state index contributed by atoms with van der Waals surface area (Å²) in [6, 6.07) is 15.3. The molecule has 5 nitrogen and oxygen atoms in total. The van der Waals surface area contributed by atoms with Gasteiger partial charge in [-0.3, -0.25) is 0 Å². The molecule has 1 aliphatic heterocycles. The minimum Gasteiger partial charge on any atom is -0.478 e. The molecule has 2 aromatic rings. The first-order valence-corrected chi connectivity index (χ1v) is 6.55. The van der Waals surface area contributed by atoms with Crippen molar-refractivity contribution in [1.29, 1.82) is 0 Å². The second-order valence-corrected chi connectivity index (χ2v) is 4.63. The van der Waals surface area contributed by atoms with Gasteiger partial charge in [-0.05, 0) is 35.9 Å². The maximum absolute atomic E-state index is 11.8. The number of rotatable bonds is 3. The largest absolute Gasteiger partial charge is 0.478 e. The van der Waals surface area contributed by atoms with Gasteiger partial charge in [0.1, 0.15) is 0 Å². The van der Waals surface area contributed by atoms with E-state index in [1.54, 1.807) is 30.3 Å². The number of hydrogen-bond acceptors (Lipinski definition) is 4. The number of hydrogen-bond donors (Lipinski definition) is 1. The molecular formula is C17H11NO4. The molecule has 1 aliphatic rings. The van der Waals surface area contributed by atoms with Crippen molar-refractivity contribution in [3.8, 4) is 0 Å². The molecule has 5 heteroatoms. The average molecular weight is 293 g/mol. The Hall–Kier alpha value is -3.21. The summed E-state index contributed by atoms with van der Waals surface area (Å²) in [5.74, 6) is -1.26. The lowest BCUT2D eigenvalue weighted by atomic mass is 10.1. The van der Waals surface area contributed by atoms with Crippen molar-refractivity contribution < 1.29 is 19.4 Å². The van der Waals surface area contributed by atoms with Crippen LogP contribution in [-0.4, -0.2) is 22.9 Å². The summed E-state index contributed by atoms with van der Waals surface area (Å²) in [5, 5.41) is 8.85. The fourth-order valence-electron chi connectivity index (χ4n) is 1.99. The number of carbonyl (C=O) groups is 2. The maximum Gasteiger partial charge on any atom is 0.363 e. The highest BCUT2D eigenvalue weighted by molar-refractivity contribution is 6.12. The zero-order chi connectivity index (χ0) is 15.5. The zero-order valence-electron chi connectivity index (χ0n) is 11.4. The number of carbonyl (C=O) groups excluding carboxylic acids is 1. The van der Waals surface area contributed by atoms with Crippen LogP contribution in [0.3, 0.4) is 0 Å². The Morgan fingerprint density at radius 1 is 1.05 bits per heavy atom. The maximum atomic E-state index is 11.8. The van der Waals surface area contributed by atoms with Gasteiger partial charge in [-0.1, -0.05) is 30.3 Å². The van der Waals surface area contributed by atoms with E-state index in [2.05, 4.69) is 4.99 Å². The molecule has 22 heavy (non-hydrogen) atoms. The predicted molar refractivity (Wildman–Crippen MR) is 80.4 cm³/mol. The number of carboxylic acids is 1. The highest BCUT2D eigenvalue weighted by Gasteiger charge is 2.23. The van der Waals surface area contributed by atoms with E-state index in [0.717, 1.165) is 5.56 Å². The first kappa shape index (κ1) is 13.8. The third-order valence-corrected chi connectivity index (χ3v) is 3.10. The summed E-state index contributed by atoms with van der Waals surface area (Å²) in [5.41, 5.74) is 1.77. The second-order valence-electron chi connectivity index (χ2n) is 4.63. The van der Waals surface area contributed by atoms with Crippen LogP contribution in [0.2, 0.25) is 0 Å². The number of esters is 1. The molecule has 0 aliphatic carbocycles. The summed E-state index contributed by atoms with van der Waals surface area (Å²) < 4.78 is 5.14. The standard InChI is InChI=1S/C17H11NO4/c19-16(20)13-8-6-11(7-9-13)10-14-17(21)22-15(18-14)12-4-2-1-3-5-12/h1-10H,(H,19,20)/b14-10+. The molecule has 0 atom stereocenters. The van der Waals surface area contributed by atoms with Crippen LogP contribution < -0.4 is 0 Å². The number of benzene rings is 2. The van der Waals surface area contributed by atoms with Gasteiger partial charge in [0.25, 0.3) is 0 Å². The van der Waals surface area contributed by atoms with Crippen LogP contribution in [0.1, 0.15) is 21.5 Å². The summed E-state index contributed by atoms with van der Waals surface area (Å²) in [4.78, 5) is 26.8. The van der Waals surface area contributed by atoms with Crippen LogP contribution in [0.4, 0.5) is 0 Å². The van der Waals surface area contributed by atoms with E-state index in [9.17, 15) is 9.59 Å². The number of ether oxygens (including phenoxy) is 1. The van der Waals surface area contributed by atoms with Crippen LogP contribution in [0.15, 0.2) is 65.3 Å². The van der Waals surface area contributed by atoms with Crippen molar-refractivity contribution >= 4 is 23.9 Å². The number of aliphatic imine (C=N–C) groups is 1. The van der Waals surface area contributed by atoms with E-state index in [1.807, 2.05) is 18.2 Å². The van der Waals surface area contributed by atoms with Crippen molar-refractivity contribution in [2.24, 2.45) is 4.99 Å². The highest BCUT2D eigenvalue weighted by Crippen LogP contribution is 2.19. The Morgan fingerprint density at radius 3 is 2.36 bits per heavy atom. The van der Waals surface area contributed by atoms with E-state index >= 15 is 0 Å². The number of carboxylic acid groups (broad SMARTS) is 1. The Labute approximate surface area is 126 Å². The molecule has 0 aromatic heterocycles. The number of nitrogens with zero attached hydrogens (tertiary/aromatic N) is 1. The van der Waals surface area contributed by atoms with Crippen LogP contribution in [-0.2, 0) is 9.53 Å². The minimum absolute atomic E-state index is 0.182. The molecule has 0 spiro atoms. The molecule has 1 heterocycles. The summed E-state index contributed by atoms with van der Waals surface area (Å²) in [7, 11) is 0. The molecule has 0 fully saturated rings. The molecule has 0 radical (unpaired) electrons. The molecule has 1 N–H and O–H groups in total. The number of aromatic carboxylic acids is 1. The first-order chi connectivity index (χ1) is 10.6. The second kappa shape index (κ2) is 5.65. The Kier molecular flexibility index (Phi) is 3.53. The molecule has 108 valence electrons. The van der Waals surface area contributed by atoms with E-state index in [-0.39, 0.29) is 17.2 Å². The molecule has 0 amide bonds. The van der Waals surface area contributed by atoms with Crippen LogP contribution in [0.25, 0.3) is 6.08 Å². The van der Waals surface area contributed by atoms with Crippen molar-refractivity contribution in [2.45, 2.75) is 0 Å². The Bertz CT molecular complexity index is 789. The van der Waals surface area contributed by atoms with Gasteiger partial charge in [-0.2, -0.15) is 0 Å². The van der Waals surface area contributed by atoms with Crippen molar-refractivity contribution in [1.82, 2.24) is 0 Å². The van der Waals surface area contributed by atoms with Gasteiger partial charge in [0.15, 0.2) is 5.70 Å². The normalized spacial score (nSPS) is 15.5. The smallest absolute Gasteiger partial charge is 0.363 e. The SMILES string of the molecule is O=C1OC(c2ccccc2)=N/C1=C/c1ccc(C(=O)O)cc1. The fourth-order valence-corrected chi connectivity index (χ4v) is 1.99. The van der Waals surface area contributed by atoms with Gasteiger partial charge < -0.3 is 9.84 Å². The first-order valence-electron chi connectivity index (χ1n) is 6.55. The van der Waals surface area contributed by atoms with Crippen LogP contribution in [0.5, 0.6) is 0 Å². The van der Waals surface area contributed by atoms with Gasteiger partial charge in [0.05, 0.1) is 5.56 Å². The molecule has 0 saturated heterocycles. The van der Waals surface area contributed by atoms with Crippen molar-refractivity contribution in [3.63, 3.8) is 0 Å². The van der Waals surface area contributed by atoms with Gasteiger partial charge in [0.2, 0.25) is 5.90 Å². The highest BCUT2D eigenvalue weighted by atomic mass is 16.6. The fraction of sp³-hybridized carbons (Fsp3) is 0. The molecule has 2 aromatic carbocycles. The lowest BCUT2D eigenvalue weighted by Gasteiger charge is -1.97. The lowest BCUT2D eigenvalue weighted by molar-refractivity contribution is -0.129. The molecular weight excluding hydrogens is 282 g/mol. The van der Waals surface area contributed by atoms with Gasteiger partial charge in [0, 0.05) is 5.56 Å². The van der Waals surface area contributed by atoms with Crippen molar-refractivity contribution in [2.75, 3.05) is 0 Å². The lowest BCUT2D eigenvalue weighted by Crippen LogP contribution is -2.04. The van der Waals surface area contributed by atoms with Crippen LogP contribution in [0, 0.1) is 0 Å². The summed E-state index contributed by atoms with van der Waals surface area (Å²) in [6.45, 7) is 0. The molecule has 0 bridgehead atoms. The van der Waals surface area contributed by atoms with E-state index in [1.165, 1.54) is 12.1 Å². The Morgan fingerprint density at radius 2 is 1.73 bits per heavy atom. The quantitative estimate of drug-likeness (QED) is 0.697. The predicted octanol–water partition coefficient (Wildman–Crippen LogP) is 2.73. The van der Waals surface area contributed by atoms with Gasteiger partial charge in [-0.25, -0.2) is 14.6 Å². The van der Waals surface area contributed by atoms with Crippen molar-refractivity contribution in [3.05, 3.63) is 77.0 Å². The molecule has 0 saturated carbocycles. The van der Waals surface area contributed by atoms with Gasteiger partial charge >= 0.3 is 11.9 Å². The third-order valence-electron chi connectivity index (χ3n) is 3.10. The van der Waals surface area contributed by atoms with E-state index in [4.69, 9.17) is 9.84 Å². The number of cyclic esters (lactones) is 1.